The zero-order valence-corrected chi connectivity index (χ0v) is 22.4. The molecule has 2 unspecified atom stereocenters. The van der Waals surface area contributed by atoms with Crippen LogP contribution >= 0.6 is 0 Å². The fourth-order valence-electron chi connectivity index (χ4n) is 4.01. The van der Waals surface area contributed by atoms with E-state index in [1.54, 1.807) is 0 Å². The number of aliphatic hydroxyl groups is 1. The zero-order chi connectivity index (χ0) is 23.5. The predicted octanol–water partition coefficient (Wildman–Crippen LogP) is 8.32. The minimum absolute atomic E-state index is 0.0859. The summed E-state index contributed by atoms with van der Waals surface area (Å²) >= 11 is 0. The van der Waals surface area contributed by atoms with E-state index in [4.69, 9.17) is 9.47 Å². The van der Waals surface area contributed by atoms with E-state index in [2.05, 4.69) is 34.6 Å². The lowest BCUT2D eigenvalue weighted by molar-refractivity contribution is -0.135. The highest BCUT2D eigenvalue weighted by Crippen LogP contribution is 2.26. The van der Waals surface area contributed by atoms with Gasteiger partial charge in [-0.25, -0.2) is 0 Å². The highest BCUT2D eigenvalue weighted by Gasteiger charge is 2.31. The Bertz CT molecular complexity index is 373. The van der Waals surface area contributed by atoms with E-state index in [0.29, 0.717) is 11.8 Å². The van der Waals surface area contributed by atoms with Gasteiger partial charge in [-0.3, -0.25) is 0 Å². The molecule has 0 radical (unpaired) electrons. The fraction of sp³-hybridized carbons (Fsp3) is 1.00. The molecule has 1 N–H and O–H groups in total. The van der Waals surface area contributed by atoms with Crippen molar-refractivity contribution < 1.29 is 14.6 Å². The molecule has 0 fully saturated rings. The smallest absolute Gasteiger partial charge is 0.0860 e. The fourth-order valence-corrected chi connectivity index (χ4v) is 4.01. The first-order chi connectivity index (χ1) is 14.7. The monoisotopic (exact) mass is 442 g/mol. The molecule has 0 saturated carbocycles. The molecular weight excluding hydrogens is 384 g/mol. The van der Waals surface area contributed by atoms with E-state index in [1.807, 2.05) is 13.8 Å². The van der Waals surface area contributed by atoms with Crippen molar-refractivity contribution >= 4 is 0 Å². The second kappa shape index (κ2) is 19.4. The lowest BCUT2D eigenvalue weighted by Crippen LogP contribution is -2.42. The molecule has 0 amide bonds. The normalized spacial score (nSPS) is 14.5. The van der Waals surface area contributed by atoms with Gasteiger partial charge in [0, 0.05) is 13.2 Å². The van der Waals surface area contributed by atoms with Gasteiger partial charge in [-0.2, -0.15) is 0 Å². The second-order valence-corrected chi connectivity index (χ2v) is 11.0. The molecule has 0 aliphatic rings. The Hall–Kier alpha value is -0.120. The first-order valence-electron chi connectivity index (χ1n) is 13.6. The van der Waals surface area contributed by atoms with Gasteiger partial charge in [-0.1, -0.05) is 92.4 Å². The van der Waals surface area contributed by atoms with Crippen LogP contribution in [-0.4, -0.2) is 36.1 Å². The Labute approximate surface area is 196 Å². The number of rotatable bonds is 22. The third-order valence-corrected chi connectivity index (χ3v) is 6.30. The first-order valence-corrected chi connectivity index (χ1v) is 13.6. The topological polar surface area (TPSA) is 38.7 Å². The lowest BCUT2D eigenvalue weighted by atomic mass is 9.93. The van der Waals surface area contributed by atoms with Crippen LogP contribution in [0.15, 0.2) is 0 Å². The Morgan fingerprint density at radius 1 is 0.677 bits per heavy atom. The molecule has 0 aliphatic carbocycles. The molecule has 0 rings (SSSR count). The summed E-state index contributed by atoms with van der Waals surface area (Å²) in [6, 6.07) is 0. The van der Waals surface area contributed by atoms with Gasteiger partial charge >= 0.3 is 0 Å². The van der Waals surface area contributed by atoms with Crippen molar-refractivity contribution in [2.75, 3.05) is 13.2 Å². The van der Waals surface area contributed by atoms with Crippen LogP contribution in [0.25, 0.3) is 0 Å². The average Bonchev–Trinajstić information content (AvgIpc) is 2.68. The molecule has 0 heterocycles. The Morgan fingerprint density at radius 3 is 1.68 bits per heavy atom. The highest BCUT2D eigenvalue weighted by atomic mass is 16.5. The maximum atomic E-state index is 10.6. The number of unbranched alkanes of at least 4 members (excludes halogenated alkanes) is 9. The number of ether oxygens (including phenoxy) is 2. The SMILES string of the molecule is CCCCCCCCCCOCCCCCC(OC(CCC(C)C)C(C)(C)O)C(C)C. The van der Waals surface area contributed by atoms with E-state index in [1.165, 1.54) is 64.2 Å². The molecule has 0 spiro atoms. The van der Waals surface area contributed by atoms with Gasteiger partial charge in [0.05, 0.1) is 17.8 Å². The van der Waals surface area contributed by atoms with Gasteiger partial charge in [0.25, 0.3) is 0 Å². The quantitative estimate of drug-likeness (QED) is 0.171. The van der Waals surface area contributed by atoms with Gasteiger partial charge in [0.2, 0.25) is 0 Å². The summed E-state index contributed by atoms with van der Waals surface area (Å²) in [7, 11) is 0. The van der Waals surface area contributed by atoms with Crippen LogP contribution in [0.5, 0.6) is 0 Å². The van der Waals surface area contributed by atoms with Crippen molar-refractivity contribution in [1.82, 2.24) is 0 Å². The lowest BCUT2D eigenvalue weighted by Gasteiger charge is -2.35. The number of hydrogen-bond donors (Lipinski definition) is 1. The molecule has 0 aromatic heterocycles. The third kappa shape index (κ3) is 19.1. The molecule has 31 heavy (non-hydrogen) atoms. The predicted molar refractivity (Wildman–Crippen MR) is 136 cm³/mol. The van der Waals surface area contributed by atoms with Crippen LogP contribution in [0, 0.1) is 11.8 Å². The van der Waals surface area contributed by atoms with E-state index in [9.17, 15) is 5.11 Å². The number of hydrogen-bond acceptors (Lipinski definition) is 3. The van der Waals surface area contributed by atoms with Crippen molar-refractivity contribution in [2.45, 2.75) is 156 Å². The summed E-state index contributed by atoms with van der Waals surface area (Å²) in [5, 5.41) is 10.6. The second-order valence-electron chi connectivity index (χ2n) is 11.0. The molecule has 3 nitrogen and oxygen atoms in total. The van der Waals surface area contributed by atoms with Crippen LogP contribution in [0.1, 0.15) is 138 Å². The van der Waals surface area contributed by atoms with Gasteiger partial charge in [-0.05, 0) is 57.8 Å². The summed E-state index contributed by atoms with van der Waals surface area (Å²) in [4.78, 5) is 0. The highest BCUT2D eigenvalue weighted by molar-refractivity contribution is 4.81. The maximum absolute atomic E-state index is 10.6. The molecular formula is C28H58O3. The zero-order valence-electron chi connectivity index (χ0n) is 22.4. The van der Waals surface area contributed by atoms with Crippen LogP contribution < -0.4 is 0 Å². The van der Waals surface area contributed by atoms with Gasteiger partial charge < -0.3 is 14.6 Å². The summed E-state index contributed by atoms with van der Waals surface area (Å²) in [5.41, 5.74) is -0.786. The third-order valence-electron chi connectivity index (χ3n) is 6.30. The van der Waals surface area contributed by atoms with Crippen LogP contribution in [0.2, 0.25) is 0 Å². The van der Waals surface area contributed by atoms with E-state index in [0.717, 1.165) is 38.9 Å². The van der Waals surface area contributed by atoms with E-state index >= 15 is 0 Å². The van der Waals surface area contributed by atoms with E-state index in [-0.39, 0.29) is 12.2 Å². The molecule has 0 aromatic carbocycles. The largest absolute Gasteiger partial charge is 0.388 e. The maximum Gasteiger partial charge on any atom is 0.0860 e. The van der Waals surface area contributed by atoms with Gasteiger partial charge in [-0.15, -0.1) is 0 Å². The minimum atomic E-state index is -0.786. The average molecular weight is 443 g/mol. The van der Waals surface area contributed by atoms with Gasteiger partial charge in [0.1, 0.15) is 0 Å². The van der Waals surface area contributed by atoms with Crippen molar-refractivity contribution in [3.63, 3.8) is 0 Å². The minimum Gasteiger partial charge on any atom is -0.388 e. The van der Waals surface area contributed by atoms with Crippen molar-refractivity contribution in [3.8, 4) is 0 Å². The molecule has 0 saturated heterocycles. The first kappa shape index (κ1) is 30.9. The van der Waals surface area contributed by atoms with Crippen molar-refractivity contribution in [1.29, 1.82) is 0 Å². The summed E-state index contributed by atoms with van der Waals surface area (Å²) in [6.45, 7) is 16.8. The molecule has 0 aromatic rings. The van der Waals surface area contributed by atoms with Crippen molar-refractivity contribution in [3.05, 3.63) is 0 Å². The van der Waals surface area contributed by atoms with Crippen LogP contribution in [-0.2, 0) is 9.47 Å². The molecule has 3 heteroatoms. The summed E-state index contributed by atoms with van der Waals surface area (Å²) < 4.78 is 12.3. The molecule has 0 bridgehead atoms. The molecule has 2 atom stereocenters. The standard InChI is InChI=1S/C28H58O3/c1-8-9-10-11-12-13-14-17-22-30-23-18-15-16-19-26(25(4)5)31-27(28(6,7)29)21-20-24(2)3/h24-27,29H,8-23H2,1-7H3. The summed E-state index contributed by atoms with van der Waals surface area (Å²) in [6.07, 6.45) is 17.6. The molecule has 188 valence electrons. The Morgan fingerprint density at radius 2 is 1.19 bits per heavy atom. The van der Waals surface area contributed by atoms with Crippen LogP contribution in [0.3, 0.4) is 0 Å². The van der Waals surface area contributed by atoms with Crippen LogP contribution in [0.4, 0.5) is 0 Å². The van der Waals surface area contributed by atoms with Crippen molar-refractivity contribution in [2.24, 2.45) is 11.8 Å². The van der Waals surface area contributed by atoms with Gasteiger partial charge in [0.15, 0.2) is 0 Å². The molecule has 0 aliphatic heterocycles. The Kier molecular flexibility index (Phi) is 19.3. The summed E-state index contributed by atoms with van der Waals surface area (Å²) in [5.74, 6) is 1.11. The van der Waals surface area contributed by atoms with E-state index < -0.39 is 5.60 Å². The Balaban J connectivity index is 3.87.